The van der Waals surface area contributed by atoms with Crippen molar-refractivity contribution in [1.82, 2.24) is 14.7 Å². The second-order valence-corrected chi connectivity index (χ2v) is 7.67. The smallest absolute Gasteiger partial charge is 0.323 e. The number of aliphatic carboxylic acids is 1. The minimum absolute atomic E-state index is 0.0621. The van der Waals surface area contributed by atoms with Gasteiger partial charge in [0.15, 0.2) is 0 Å². The van der Waals surface area contributed by atoms with E-state index in [9.17, 15) is 24.5 Å². The first-order chi connectivity index (χ1) is 15.3. The molecule has 32 heavy (non-hydrogen) atoms. The van der Waals surface area contributed by atoms with Crippen LogP contribution in [0.15, 0.2) is 65.7 Å². The summed E-state index contributed by atoms with van der Waals surface area (Å²) < 4.78 is 1.59. The minimum Gasteiger partial charge on any atom is -0.480 e. The van der Waals surface area contributed by atoms with Gasteiger partial charge >= 0.3 is 5.97 Å². The number of imide groups is 1. The predicted octanol–water partition coefficient (Wildman–Crippen LogP) is 3.57. The van der Waals surface area contributed by atoms with Gasteiger partial charge in [0.2, 0.25) is 0 Å². The summed E-state index contributed by atoms with van der Waals surface area (Å²) >= 11 is 0.643. The third-order valence-corrected chi connectivity index (χ3v) is 5.48. The van der Waals surface area contributed by atoms with E-state index in [0.717, 1.165) is 5.69 Å². The van der Waals surface area contributed by atoms with E-state index in [1.165, 1.54) is 18.2 Å². The molecule has 10 nitrogen and oxygen atoms in total. The van der Waals surface area contributed by atoms with Crippen molar-refractivity contribution in [2.75, 3.05) is 6.54 Å². The molecule has 0 unspecified atom stereocenters. The Morgan fingerprint density at radius 2 is 1.81 bits per heavy atom. The first kappa shape index (κ1) is 21.0. The maximum Gasteiger partial charge on any atom is 0.323 e. The van der Waals surface area contributed by atoms with E-state index >= 15 is 0 Å². The van der Waals surface area contributed by atoms with Gasteiger partial charge in [0, 0.05) is 29.5 Å². The van der Waals surface area contributed by atoms with Gasteiger partial charge in [-0.25, -0.2) is 4.68 Å². The molecule has 0 spiro atoms. The van der Waals surface area contributed by atoms with Crippen LogP contribution < -0.4 is 0 Å². The van der Waals surface area contributed by atoms with Gasteiger partial charge in [0.1, 0.15) is 6.54 Å². The van der Waals surface area contributed by atoms with Gasteiger partial charge in [-0.1, -0.05) is 18.2 Å². The van der Waals surface area contributed by atoms with E-state index in [1.54, 1.807) is 23.0 Å². The van der Waals surface area contributed by atoms with E-state index in [-0.39, 0.29) is 10.6 Å². The average molecular weight is 450 g/mol. The van der Waals surface area contributed by atoms with Crippen LogP contribution in [0.3, 0.4) is 0 Å². The Labute approximate surface area is 184 Å². The highest BCUT2D eigenvalue weighted by Crippen LogP contribution is 2.34. The number of carboxylic acids is 1. The maximum absolute atomic E-state index is 12.6. The number of hydrogen-bond donors (Lipinski definition) is 1. The standard InChI is InChI=1S/C21H14N4O6S/c26-18(27)12-23-20(28)17(32-21(23)29)10-14-11-24(15-4-2-1-3-5-15)22-19(14)13-6-8-16(9-7-13)25(30)31/h1-11H,12H2,(H,26,27)/b17-10-. The molecule has 11 heteroatoms. The number of aromatic nitrogens is 2. The van der Waals surface area contributed by atoms with Crippen LogP contribution in [0.1, 0.15) is 5.56 Å². The number of nitro benzene ring substituents is 1. The molecule has 1 N–H and O–H groups in total. The van der Waals surface area contributed by atoms with Crippen LogP contribution in [0.2, 0.25) is 0 Å². The van der Waals surface area contributed by atoms with E-state index in [0.29, 0.717) is 33.5 Å². The van der Waals surface area contributed by atoms with Crippen molar-refractivity contribution in [1.29, 1.82) is 0 Å². The second-order valence-electron chi connectivity index (χ2n) is 6.68. The molecule has 4 rings (SSSR count). The van der Waals surface area contributed by atoms with Crippen molar-refractivity contribution in [3.05, 3.63) is 81.4 Å². The highest BCUT2D eigenvalue weighted by Gasteiger charge is 2.36. The summed E-state index contributed by atoms with van der Waals surface area (Å²) in [6.45, 7) is -0.722. The third-order valence-electron chi connectivity index (χ3n) is 4.57. The van der Waals surface area contributed by atoms with Crippen molar-refractivity contribution in [2.45, 2.75) is 0 Å². The molecule has 160 valence electrons. The first-order valence-electron chi connectivity index (χ1n) is 9.20. The molecule has 0 aliphatic carbocycles. The summed E-state index contributed by atoms with van der Waals surface area (Å²) in [5.41, 5.74) is 2.17. The fourth-order valence-corrected chi connectivity index (χ4v) is 3.91. The molecule has 1 aliphatic rings. The Balaban J connectivity index is 1.78. The molecule has 1 aliphatic heterocycles. The third kappa shape index (κ3) is 4.14. The van der Waals surface area contributed by atoms with E-state index < -0.39 is 28.6 Å². The number of nitro groups is 1. The fourth-order valence-electron chi connectivity index (χ4n) is 3.08. The number of nitrogens with zero attached hydrogens (tertiary/aromatic N) is 4. The van der Waals surface area contributed by atoms with Crippen LogP contribution >= 0.6 is 11.8 Å². The van der Waals surface area contributed by atoms with E-state index in [4.69, 9.17) is 5.11 Å². The minimum atomic E-state index is -1.29. The molecule has 0 atom stereocenters. The highest BCUT2D eigenvalue weighted by atomic mass is 32.2. The summed E-state index contributed by atoms with van der Waals surface area (Å²) in [5, 5.41) is 23.8. The Morgan fingerprint density at radius 3 is 2.44 bits per heavy atom. The number of carboxylic acid groups (broad SMARTS) is 1. The molecule has 2 amide bonds. The molecular formula is C21H14N4O6S. The van der Waals surface area contributed by atoms with Crippen molar-refractivity contribution in [3.63, 3.8) is 0 Å². The van der Waals surface area contributed by atoms with E-state index in [2.05, 4.69) is 5.10 Å². The summed E-state index contributed by atoms with van der Waals surface area (Å²) in [4.78, 5) is 46.8. The van der Waals surface area contributed by atoms with Gasteiger partial charge in [-0.3, -0.25) is 29.4 Å². The quantitative estimate of drug-likeness (QED) is 0.342. The zero-order chi connectivity index (χ0) is 22.8. The Hall–Kier alpha value is -4.25. The summed E-state index contributed by atoms with van der Waals surface area (Å²) in [7, 11) is 0. The molecule has 1 aromatic heterocycles. The summed E-state index contributed by atoms with van der Waals surface area (Å²) in [5.74, 6) is -2.00. The fraction of sp³-hybridized carbons (Fsp3) is 0.0476. The van der Waals surface area contributed by atoms with Crippen molar-refractivity contribution in [2.24, 2.45) is 0 Å². The second kappa shape index (κ2) is 8.47. The molecule has 0 bridgehead atoms. The number of non-ortho nitro benzene ring substituents is 1. The van der Waals surface area contributed by atoms with Crippen LogP contribution in [-0.2, 0) is 9.59 Å². The number of carbonyl (C=O) groups excluding carboxylic acids is 2. The van der Waals surface area contributed by atoms with Gasteiger partial charge in [0.25, 0.3) is 16.8 Å². The zero-order valence-electron chi connectivity index (χ0n) is 16.2. The van der Waals surface area contributed by atoms with Gasteiger partial charge < -0.3 is 5.11 Å². The van der Waals surface area contributed by atoms with Crippen molar-refractivity contribution in [3.8, 4) is 16.9 Å². The summed E-state index contributed by atoms with van der Waals surface area (Å²) in [6.07, 6.45) is 3.13. The lowest BCUT2D eigenvalue weighted by molar-refractivity contribution is -0.384. The molecule has 2 aromatic carbocycles. The molecular weight excluding hydrogens is 436 g/mol. The maximum atomic E-state index is 12.6. The Kier molecular flexibility index (Phi) is 5.56. The van der Waals surface area contributed by atoms with Crippen LogP contribution in [0.25, 0.3) is 23.0 Å². The molecule has 2 heterocycles. The van der Waals surface area contributed by atoms with Crippen LogP contribution in [-0.4, -0.2) is 48.4 Å². The van der Waals surface area contributed by atoms with Gasteiger partial charge in [-0.15, -0.1) is 0 Å². The first-order valence-corrected chi connectivity index (χ1v) is 10.0. The number of hydrogen-bond acceptors (Lipinski definition) is 7. The number of rotatable bonds is 6. The molecule has 1 fully saturated rings. The number of benzene rings is 2. The monoisotopic (exact) mass is 450 g/mol. The Bertz CT molecular complexity index is 1270. The van der Waals surface area contributed by atoms with Gasteiger partial charge in [-0.05, 0) is 42.1 Å². The van der Waals surface area contributed by atoms with Gasteiger partial charge in [0.05, 0.1) is 21.2 Å². The van der Waals surface area contributed by atoms with Crippen molar-refractivity contribution >= 4 is 40.6 Å². The topological polar surface area (TPSA) is 136 Å². The Morgan fingerprint density at radius 1 is 1.12 bits per heavy atom. The highest BCUT2D eigenvalue weighted by molar-refractivity contribution is 8.18. The zero-order valence-corrected chi connectivity index (χ0v) is 17.1. The van der Waals surface area contributed by atoms with Crippen LogP contribution in [0, 0.1) is 10.1 Å². The lowest BCUT2D eigenvalue weighted by Gasteiger charge is -2.07. The number of amides is 2. The predicted molar refractivity (Wildman–Crippen MR) is 116 cm³/mol. The lowest BCUT2D eigenvalue weighted by Crippen LogP contribution is -2.33. The number of para-hydroxylation sites is 1. The molecule has 3 aromatic rings. The van der Waals surface area contributed by atoms with Gasteiger partial charge in [-0.2, -0.15) is 5.10 Å². The van der Waals surface area contributed by atoms with E-state index in [1.807, 2.05) is 30.3 Å². The van der Waals surface area contributed by atoms with Crippen molar-refractivity contribution < 1.29 is 24.4 Å². The SMILES string of the molecule is O=C(O)CN1C(=O)S/C(=C\c2cn(-c3ccccc3)nc2-c2ccc([N+](=O)[O-])cc2)C1=O. The number of carbonyl (C=O) groups is 3. The lowest BCUT2D eigenvalue weighted by atomic mass is 10.1. The molecule has 0 radical (unpaired) electrons. The molecule has 1 saturated heterocycles. The normalized spacial score (nSPS) is 14.9. The van der Waals surface area contributed by atoms with Crippen LogP contribution in [0.5, 0.6) is 0 Å². The molecule has 0 saturated carbocycles. The average Bonchev–Trinajstić information content (AvgIpc) is 3.31. The number of thioether (sulfide) groups is 1. The summed E-state index contributed by atoms with van der Waals surface area (Å²) in [6, 6.07) is 15.0. The van der Waals surface area contributed by atoms with Crippen LogP contribution in [0.4, 0.5) is 10.5 Å². The largest absolute Gasteiger partial charge is 0.480 e.